The van der Waals surface area contributed by atoms with E-state index < -0.39 is 53.9 Å². The number of carbonyl (C=O) groups excluding carboxylic acids is 3. The smallest absolute Gasteiger partial charge is 0.408 e. The van der Waals surface area contributed by atoms with Crippen LogP contribution in [0.5, 0.6) is 0 Å². The summed E-state index contributed by atoms with van der Waals surface area (Å²) in [5.41, 5.74) is 3.89. The van der Waals surface area contributed by atoms with Gasteiger partial charge in [-0.1, -0.05) is 0 Å². The third-order valence-electron chi connectivity index (χ3n) is 4.52. The third-order valence-corrected chi connectivity index (χ3v) is 4.52. The highest BCUT2D eigenvalue weighted by Gasteiger charge is 2.44. The summed E-state index contributed by atoms with van der Waals surface area (Å²) >= 11 is 0. The molecule has 2 heterocycles. The zero-order chi connectivity index (χ0) is 24.1. The predicted molar refractivity (Wildman–Crippen MR) is 110 cm³/mol. The zero-order valence-corrected chi connectivity index (χ0v) is 18.1. The highest BCUT2D eigenvalue weighted by molar-refractivity contribution is 5.85. The number of nitrogens with zero attached hydrogens (tertiary/aromatic N) is 2. The topological polar surface area (TPSA) is 195 Å². The molecule has 0 radical (unpaired) electrons. The minimum atomic E-state index is -1.47. The van der Waals surface area contributed by atoms with E-state index in [-0.39, 0.29) is 25.2 Å². The van der Waals surface area contributed by atoms with Gasteiger partial charge in [-0.05, 0) is 33.3 Å². The fourth-order valence-corrected chi connectivity index (χ4v) is 3.02. The number of aliphatic hydroxyl groups excluding tert-OH is 2. The van der Waals surface area contributed by atoms with Crippen LogP contribution in [0.3, 0.4) is 0 Å². The van der Waals surface area contributed by atoms with Gasteiger partial charge in [-0.25, -0.2) is 9.59 Å². The highest BCUT2D eigenvalue weighted by Crippen LogP contribution is 2.28. The lowest BCUT2D eigenvalue weighted by molar-refractivity contribution is -0.124. The molecule has 0 aromatic carbocycles. The first kappa shape index (κ1) is 25.2. The SMILES string of the molecule is CC(C)(C)OC(=O)NC(CCC=O)C(=O)NC[C@H]1O[C@@H](n2ccc(N)nc2=O)[C@H](O)[C@@H]1O. The number of aromatic nitrogens is 2. The molecule has 1 aromatic heterocycles. The number of nitrogens with one attached hydrogen (secondary N) is 2. The zero-order valence-electron chi connectivity index (χ0n) is 18.1. The molecule has 1 aromatic rings. The van der Waals surface area contributed by atoms with Gasteiger partial charge in [0, 0.05) is 19.2 Å². The molecule has 6 N–H and O–H groups in total. The molecule has 13 nitrogen and oxygen atoms in total. The minimum Gasteiger partial charge on any atom is -0.444 e. The van der Waals surface area contributed by atoms with Crippen LogP contribution in [0.4, 0.5) is 10.6 Å². The van der Waals surface area contributed by atoms with Crippen molar-refractivity contribution in [2.75, 3.05) is 12.3 Å². The number of carbonyl (C=O) groups is 3. The number of nitrogens with two attached hydrogens (primary N) is 1. The van der Waals surface area contributed by atoms with E-state index in [1.165, 1.54) is 12.3 Å². The maximum atomic E-state index is 12.6. The van der Waals surface area contributed by atoms with Gasteiger partial charge < -0.3 is 40.8 Å². The van der Waals surface area contributed by atoms with E-state index in [9.17, 15) is 29.4 Å². The number of aliphatic hydroxyl groups is 2. The average Bonchev–Trinajstić information content (AvgIpc) is 2.96. The number of hydrogen-bond donors (Lipinski definition) is 5. The Morgan fingerprint density at radius 3 is 2.66 bits per heavy atom. The maximum absolute atomic E-state index is 12.6. The van der Waals surface area contributed by atoms with Crippen molar-refractivity contribution in [1.29, 1.82) is 0 Å². The quantitative estimate of drug-likeness (QED) is 0.286. The summed E-state index contributed by atoms with van der Waals surface area (Å²) in [6.45, 7) is 4.75. The second kappa shape index (κ2) is 10.5. The Morgan fingerprint density at radius 2 is 2.06 bits per heavy atom. The van der Waals surface area contributed by atoms with Crippen LogP contribution in [0.25, 0.3) is 0 Å². The molecule has 178 valence electrons. The average molecular weight is 455 g/mol. The molecule has 5 atom stereocenters. The van der Waals surface area contributed by atoms with Gasteiger partial charge in [-0.3, -0.25) is 9.36 Å². The third kappa shape index (κ3) is 6.73. The lowest BCUT2D eigenvalue weighted by Crippen LogP contribution is -2.50. The van der Waals surface area contributed by atoms with Crippen LogP contribution in [0.2, 0.25) is 0 Å². The molecule has 1 saturated heterocycles. The second-order valence-corrected chi connectivity index (χ2v) is 8.28. The van der Waals surface area contributed by atoms with Crippen molar-refractivity contribution in [2.45, 2.75) is 69.8 Å². The molecule has 0 bridgehead atoms. The number of hydrogen-bond acceptors (Lipinski definition) is 10. The van der Waals surface area contributed by atoms with Gasteiger partial charge in [0.2, 0.25) is 5.91 Å². The van der Waals surface area contributed by atoms with Gasteiger partial charge in [0.25, 0.3) is 0 Å². The molecule has 2 amide bonds. The van der Waals surface area contributed by atoms with Crippen molar-refractivity contribution < 1.29 is 34.1 Å². The molecule has 13 heteroatoms. The van der Waals surface area contributed by atoms with Gasteiger partial charge in [0.05, 0.1) is 0 Å². The van der Waals surface area contributed by atoms with E-state index in [4.69, 9.17) is 15.2 Å². The van der Waals surface area contributed by atoms with Gasteiger partial charge >= 0.3 is 11.8 Å². The summed E-state index contributed by atoms with van der Waals surface area (Å²) < 4.78 is 11.7. The number of rotatable bonds is 8. The highest BCUT2D eigenvalue weighted by atomic mass is 16.6. The van der Waals surface area contributed by atoms with Crippen LogP contribution >= 0.6 is 0 Å². The molecule has 2 rings (SSSR count). The van der Waals surface area contributed by atoms with Crippen LogP contribution in [0.1, 0.15) is 39.8 Å². The fourth-order valence-electron chi connectivity index (χ4n) is 3.02. The minimum absolute atomic E-state index is 0.0121. The molecular formula is C19H29N5O8. The second-order valence-electron chi connectivity index (χ2n) is 8.28. The van der Waals surface area contributed by atoms with Crippen molar-refractivity contribution >= 4 is 24.1 Å². The van der Waals surface area contributed by atoms with Crippen LogP contribution in [0.15, 0.2) is 17.1 Å². The van der Waals surface area contributed by atoms with Crippen molar-refractivity contribution in [3.8, 4) is 0 Å². The van der Waals surface area contributed by atoms with E-state index in [0.29, 0.717) is 6.29 Å². The first-order chi connectivity index (χ1) is 14.9. The Bertz CT molecular complexity index is 883. The summed E-state index contributed by atoms with van der Waals surface area (Å²) in [6, 6.07) is 0.261. The van der Waals surface area contributed by atoms with Crippen LogP contribution in [-0.4, -0.2) is 74.6 Å². The molecule has 0 saturated carbocycles. The van der Waals surface area contributed by atoms with Gasteiger partial charge in [-0.2, -0.15) is 4.98 Å². The molecule has 0 spiro atoms. The van der Waals surface area contributed by atoms with Crippen molar-refractivity contribution in [3.63, 3.8) is 0 Å². The number of nitrogen functional groups attached to an aromatic ring is 1. The molecule has 1 fully saturated rings. The molecule has 1 aliphatic rings. The molecule has 1 unspecified atom stereocenters. The summed E-state index contributed by atoms with van der Waals surface area (Å²) in [4.78, 5) is 50.8. The Balaban J connectivity index is 2.01. The van der Waals surface area contributed by atoms with Crippen LogP contribution < -0.4 is 22.1 Å². The maximum Gasteiger partial charge on any atom is 0.408 e. The van der Waals surface area contributed by atoms with Gasteiger partial charge in [0.1, 0.15) is 42.1 Å². The summed E-state index contributed by atoms with van der Waals surface area (Å²) in [5, 5.41) is 25.5. The normalized spacial score (nSPS) is 23.9. The first-order valence-electron chi connectivity index (χ1n) is 10.00. The molecule has 1 aliphatic heterocycles. The van der Waals surface area contributed by atoms with Gasteiger partial charge in [-0.15, -0.1) is 0 Å². The standard InChI is InChI=1S/C19H29N5O8/c1-19(2,3)32-18(30)22-10(5-4-8-25)15(28)21-9-11-13(26)14(27)16(31-11)24-7-6-12(20)23-17(24)29/h6-8,10-11,13-14,16,26-27H,4-5,9H2,1-3H3,(H,21,28)(H,22,30)(H2,20,23,29)/t10?,11-,13-,14-,16-/m1/s1. The van der Waals surface area contributed by atoms with E-state index in [1.54, 1.807) is 20.8 Å². The molecular weight excluding hydrogens is 426 g/mol. The number of alkyl carbamates (subject to hydrolysis) is 1. The summed E-state index contributed by atoms with van der Waals surface area (Å²) in [5.74, 6) is -0.653. The lowest BCUT2D eigenvalue weighted by atomic mass is 10.1. The lowest BCUT2D eigenvalue weighted by Gasteiger charge is -2.23. The monoisotopic (exact) mass is 455 g/mol. The van der Waals surface area contributed by atoms with Crippen LogP contribution in [-0.2, 0) is 19.1 Å². The van der Waals surface area contributed by atoms with Crippen LogP contribution in [0, 0.1) is 0 Å². The van der Waals surface area contributed by atoms with Crippen molar-refractivity contribution in [3.05, 3.63) is 22.7 Å². The van der Waals surface area contributed by atoms with E-state index in [2.05, 4.69) is 15.6 Å². The Kier molecular flexibility index (Phi) is 8.30. The molecule has 0 aliphatic carbocycles. The Labute approximate surface area is 183 Å². The Hall–Kier alpha value is -3.03. The molecule has 32 heavy (non-hydrogen) atoms. The largest absolute Gasteiger partial charge is 0.444 e. The Morgan fingerprint density at radius 1 is 1.38 bits per heavy atom. The number of amides is 2. The van der Waals surface area contributed by atoms with E-state index >= 15 is 0 Å². The van der Waals surface area contributed by atoms with E-state index in [1.807, 2.05) is 0 Å². The van der Waals surface area contributed by atoms with Crippen molar-refractivity contribution in [1.82, 2.24) is 20.2 Å². The number of anilines is 1. The summed E-state index contributed by atoms with van der Waals surface area (Å²) in [6.07, 6.45) is -4.08. The summed E-state index contributed by atoms with van der Waals surface area (Å²) in [7, 11) is 0. The number of ether oxygens (including phenoxy) is 2. The number of aldehydes is 1. The fraction of sp³-hybridized carbons (Fsp3) is 0.632. The first-order valence-corrected chi connectivity index (χ1v) is 10.00. The predicted octanol–water partition coefficient (Wildman–Crippen LogP) is -1.57. The van der Waals surface area contributed by atoms with E-state index in [0.717, 1.165) is 4.57 Å². The van der Waals surface area contributed by atoms with Crippen molar-refractivity contribution in [2.24, 2.45) is 0 Å². The van der Waals surface area contributed by atoms with Gasteiger partial charge in [0.15, 0.2) is 6.23 Å².